The van der Waals surface area contributed by atoms with Gasteiger partial charge in [-0.15, -0.1) is 0 Å². The van der Waals surface area contributed by atoms with Gasteiger partial charge in [-0.25, -0.2) is 9.11 Å². The monoisotopic (exact) mass is 272 g/mol. The number of rotatable bonds is 4. The molecule has 0 radical (unpaired) electrons. The highest BCUT2D eigenvalue weighted by Crippen LogP contribution is 2.14. The van der Waals surface area contributed by atoms with E-state index in [9.17, 15) is 12.8 Å². The van der Waals surface area contributed by atoms with E-state index in [1.54, 1.807) is 0 Å². The molecular weight excluding hydrogens is 259 g/mol. The minimum absolute atomic E-state index is 0.0886. The van der Waals surface area contributed by atoms with Crippen LogP contribution in [0, 0.1) is 17.7 Å². The molecule has 0 bridgehead atoms. The van der Waals surface area contributed by atoms with Gasteiger partial charge in [-0.1, -0.05) is 11.8 Å². The molecule has 5 nitrogen and oxygen atoms in total. The molecule has 0 aliphatic rings. The smallest absolute Gasteiger partial charge is 0.298 e. The van der Waals surface area contributed by atoms with Gasteiger partial charge in [0.1, 0.15) is 5.82 Å². The number of halogens is 1. The molecule has 7 heteroatoms. The highest BCUT2D eigenvalue weighted by molar-refractivity contribution is 7.90. The fourth-order valence-corrected chi connectivity index (χ4v) is 1.64. The van der Waals surface area contributed by atoms with Crippen molar-refractivity contribution in [2.75, 3.05) is 18.4 Å². The van der Waals surface area contributed by atoms with E-state index < -0.39 is 16.0 Å². The van der Waals surface area contributed by atoms with Crippen molar-refractivity contribution >= 4 is 15.9 Å². The van der Waals surface area contributed by atoms with E-state index in [4.69, 9.17) is 5.11 Å². The molecule has 98 valence electrons. The molecule has 3 N–H and O–H groups in total. The van der Waals surface area contributed by atoms with Gasteiger partial charge < -0.3 is 5.11 Å². The third-order valence-corrected chi connectivity index (χ3v) is 2.99. The normalized spacial score (nSPS) is 10.6. The summed E-state index contributed by atoms with van der Waals surface area (Å²) in [4.78, 5) is 0. The number of anilines is 1. The summed E-state index contributed by atoms with van der Waals surface area (Å²) in [6.07, 6.45) is 0.258. The molecule has 0 aromatic heterocycles. The summed E-state index contributed by atoms with van der Waals surface area (Å²) in [7, 11) is -2.42. The molecule has 0 saturated carbocycles. The lowest BCUT2D eigenvalue weighted by atomic mass is 10.2. The van der Waals surface area contributed by atoms with Crippen LogP contribution in [0.2, 0.25) is 0 Å². The Hall–Kier alpha value is -1.62. The fourth-order valence-electron chi connectivity index (χ4n) is 1.10. The first-order valence-electron chi connectivity index (χ1n) is 5.09. The van der Waals surface area contributed by atoms with Crippen molar-refractivity contribution in [1.82, 2.24) is 4.72 Å². The maximum Gasteiger partial charge on any atom is 0.298 e. The van der Waals surface area contributed by atoms with Crippen LogP contribution < -0.4 is 9.44 Å². The van der Waals surface area contributed by atoms with Crippen LogP contribution in [0.1, 0.15) is 12.0 Å². The summed E-state index contributed by atoms with van der Waals surface area (Å²) >= 11 is 0. The molecule has 0 atom stereocenters. The Bertz CT molecular complexity index is 576. The highest BCUT2D eigenvalue weighted by atomic mass is 32.2. The molecule has 0 spiro atoms. The summed E-state index contributed by atoms with van der Waals surface area (Å²) in [6.45, 7) is -0.0886. The summed E-state index contributed by atoms with van der Waals surface area (Å²) in [6, 6.07) is 3.81. The summed E-state index contributed by atoms with van der Waals surface area (Å²) in [5.41, 5.74) is 0.255. The summed E-state index contributed by atoms with van der Waals surface area (Å²) in [5.74, 6) is 4.49. The number of nitrogens with one attached hydrogen (secondary N) is 2. The van der Waals surface area contributed by atoms with Crippen molar-refractivity contribution in [3.8, 4) is 11.8 Å². The van der Waals surface area contributed by atoms with E-state index in [1.807, 2.05) is 4.72 Å². The quantitative estimate of drug-likeness (QED) is 0.696. The van der Waals surface area contributed by atoms with Gasteiger partial charge in [0.25, 0.3) is 10.2 Å². The Labute approximate surface area is 105 Å². The number of benzene rings is 1. The lowest BCUT2D eigenvalue weighted by Crippen LogP contribution is -2.26. The van der Waals surface area contributed by atoms with Crippen LogP contribution in [-0.2, 0) is 10.2 Å². The Kier molecular flexibility index (Phi) is 5.09. The largest absolute Gasteiger partial charge is 0.395 e. The maximum absolute atomic E-state index is 13.5. The molecule has 0 aliphatic heterocycles. The third kappa shape index (κ3) is 4.33. The van der Waals surface area contributed by atoms with Crippen LogP contribution in [0.25, 0.3) is 0 Å². The van der Waals surface area contributed by atoms with Crippen LogP contribution in [0.3, 0.4) is 0 Å². The fraction of sp³-hybridized carbons (Fsp3) is 0.273. The van der Waals surface area contributed by atoms with Crippen molar-refractivity contribution < 1.29 is 17.9 Å². The van der Waals surface area contributed by atoms with Gasteiger partial charge in [0.2, 0.25) is 0 Å². The van der Waals surface area contributed by atoms with Crippen LogP contribution >= 0.6 is 0 Å². The second-order valence-corrected chi connectivity index (χ2v) is 4.90. The van der Waals surface area contributed by atoms with Gasteiger partial charge in [-0.05, 0) is 18.2 Å². The van der Waals surface area contributed by atoms with E-state index in [-0.39, 0.29) is 24.3 Å². The van der Waals surface area contributed by atoms with Crippen LogP contribution in [0.15, 0.2) is 18.2 Å². The average Bonchev–Trinajstić information content (AvgIpc) is 2.32. The molecule has 1 aromatic rings. The van der Waals surface area contributed by atoms with E-state index in [1.165, 1.54) is 19.2 Å². The van der Waals surface area contributed by atoms with Crippen molar-refractivity contribution in [1.29, 1.82) is 0 Å². The van der Waals surface area contributed by atoms with Crippen molar-refractivity contribution in [3.63, 3.8) is 0 Å². The van der Waals surface area contributed by atoms with Crippen LogP contribution in [0.4, 0.5) is 10.1 Å². The molecule has 0 fully saturated rings. The number of aliphatic hydroxyl groups excluding tert-OH is 1. The second kappa shape index (κ2) is 6.35. The Morgan fingerprint density at radius 2 is 2.17 bits per heavy atom. The first kappa shape index (κ1) is 14.4. The summed E-state index contributed by atoms with van der Waals surface area (Å²) in [5, 5.41) is 8.53. The molecule has 18 heavy (non-hydrogen) atoms. The molecule has 0 amide bonds. The first-order chi connectivity index (χ1) is 8.48. The topological polar surface area (TPSA) is 78.4 Å². The average molecular weight is 272 g/mol. The molecule has 0 heterocycles. The van der Waals surface area contributed by atoms with Gasteiger partial charge in [-0.3, -0.25) is 4.72 Å². The van der Waals surface area contributed by atoms with Gasteiger partial charge in [0.15, 0.2) is 0 Å². The standard InChI is InChI=1S/C11H13FN2O3S/c1-13-18(16,17)14-10-6-5-9(11(12)8-10)4-2-3-7-15/h5-6,8,13-15H,3,7H2,1H3. The molecule has 0 unspecified atom stereocenters. The van der Waals surface area contributed by atoms with Gasteiger partial charge >= 0.3 is 0 Å². The maximum atomic E-state index is 13.5. The molecule has 0 saturated heterocycles. The van der Waals surface area contributed by atoms with Gasteiger partial charge in [-0.2, -0.15) is 8.42 Å². The van der Waals surface area contributed by atoms with Crippen LogP contribution in [-0.4, -0.2) is 27.2 Å². The van der Waals surface area contributed by atoms with Crippen molar-refractivity contribution in [2.24, 2.45) is 0 Å². The number of aliphatic hydroxyl groups is 1. The molecular formula is C11H13FN2O3S. The number of hydrogen-bond acceptors (Lipinski definition) is 3. The Morgan fingerprint density at radius 3 is 2.72 bits per heavy atom. The summed E-state index contributed by atoms with van der Waals surface area (Å²) < 4.78 is 40.1. The first-order valence-corrected chi connectivity index (χ1v) is 6.57. The number of hydrogen-bond donors (Lipinski definition) is 3. The Morgan fingerprint density at radius 1 is 1.44 bits per heavy atom. The van der Waals surface area contributed by atoms with Crippen molar-refractivity contribution in [2.45, 2.75) is 6.42 Å². The van der Waals surface area contributed by atoms with Crippen LogP contribution in [0.5, 0.6) is 0 Å². The predicted octanol–water partition coefficient (Wildman–Crippen LogP) is 0.436. The second-order valence-electron chi connectivity index (χ2n) is 3.28. The zero-order chi connectivity index (χ0) is 13.6. The van der Waals surface area contributed by atoms with E-state index >= 15 is 0 Å². The van der Waals surface area contributed by atoms with E-state index in [2.05, 4.69) is 16.6 Å². The van der Waals surface area contributed by atoms with E-state index in [0.29, 0.717) is 0 Å². The lowest BCUT2D eigenvalue weighted by molar-refractivity contribution is 0.305. The van der Waals surface area contributed by atoms with Crippen molar-refractivity contribution in [3.05, 3.63) is 29.6 Å². The SMILES string of the molecule is CNS(=O)(=O)Nc1ccc(C#CCCO)c(F)c1. The lowest BCUT2D eigenvalue weighted by Gasteiger charge is -2.06. The predicted molar refractivity (Wildman–Crippen MR) is 66.6 cm³/mol. The van der Waals surface area contributed by atoms with E-state index in [0.717, 1.165) is 6.07 Å². The van der Waals surface area contributed by atoms with Gasteiger partial charge in [0, 0.05) is 13.5 Å². The minimum atomic E-state index is -3.66. The zero-order valence-electron chi connectivity index (χ0n) is 9.70. The molecule has 0 aliphatic carbocycles. The minimum Gasteiger partial charge on any atom is -0.395 e. The molecule has 1 aromatic carbocycles. The zero-order valence-corrected chi connectivity index (χ0v) is 10.5. The highest BCUT2D eigenvalue weighted by Gasteiger charge is 2.08. The molecule has 1 rings (SSSR count). The Balaban J connectivity index is 2.90. The van der Waals surface area contributed by atoms with Gasteiger partial charge in [0.05, 0.1) is 17.9 Å². The third-order valence-electron chi connectivity index (χ3n) is 1.95.